The van der Waals surface area contributed by atoms with Gasteiger partial charge in [0.25, 0.3) is 11.8 Å². The highest BCUT2D eigenvalue weighted by atomic mass is 35.5. The van der Waals surface area contributed by atoms with Crippen molar-refractivity contribution in [1.82, 2.24) is 15.5 Å². The van der Waals surface area contributed by atoms with Crippen LogP contribution in [0.25, 0.3) is 0 Å². The third-order valence-electron chi connectivity index (χ3n) is 7.29. The largest absolute Gasteiger partial charge is 0.508 e. The van der Waals surface area contributed by atoms with E-state index in [4.69, 9.17) is 11.6 Å². The number of carbonyl (C=O) groups is 3. The molecule has 8 nitrogen and oxygen atoms in total. The van der Waals surface area contributed by atoms with Crippen LogP contribution in [0.2, 0.25) is 5.02 Å². The number of thioether (sulfide) groups is 1. The average Bonchev–Trinajstić information content (AvgIpc) is 3.28. The number of hydrogen-bond acceptors (Lipinski definition) is 6. The molecule has 1 heterocycles. The topological polar surface area (TPSA) is 119 Å². The zero-order chi connectivity index (χ0) is 29.7. The summed E-state index contributed by atoms with van der Waals surface area (Å²) in [7, 11) is 0. The molecule has 1 aliphatic heterocycles. The third kappa shape index (κ3) is 7.04. The van der Waals surface area contributed by atoms with E-state index < -0.39 is 34.7 Å². The maximum atomic E-state index is 13.8. The van der Waals surface area contributed by atoms with Crippen molar-refractivity contribution in [1.29, 1.82) is 0 Å². The van der Waals surface area contributed by atoms with Crippen molar-refractivity contribution in [3.8, 4) is 5.75 Å². The molecule has 3 amide bonds. The summed E-state index contributed by atoms with van der Waals surface area (Å²) < 4.78 is -0.628. The fourth-order valence-corrected chi connectivity index (χ4v) is 6.24. The van der Waals surface area contributed by atoms with Crippen molar-refractivity contribution < 1.29 is 24.6 Å². The Kier molecular flexibility index (Phi) is 9.63. The maximum absolute atomic E-state index is 13.8. The number of phenols is 1. The predicted octanol–water partition coefficient (Wildman–Crippen LogP) is 4.05. The van der Waals surface area contributed by atoms with E-state index in [0.717, 1.165) is 11.1 Å². The van der Waals surface area contributed by atoms with Gasteiger partial charge in [0.05, 0.1) is 11.9 Å². The van der Waals surface area contributed by atoms with Gasteiger partial charge in [-0.05, 0) is 56.5 Å². The van der Waals surface area contributed by atoms with Gasteiger partial charge in [-0.2, -0.15) is 0 Å². The van der Waals surface area contributed by atoms with Crippen LogP contribution in [-0.4, -0.2) is 61.6 Å². The highest BCUT2D eigenvalue weighted by Gasteiger charge is 2.49. The van der Waals surface area contributed by atoms with Crippen LogP contribution in [0.15, 0.2) is 72.8 Å². The van der Waals surface area contributed by atoms with Gasteiger partial charge in [0.15, 0.2) is 6.10 Å². The molecule has 0 unspecified atom stereocenters. The van der Waals surface area contributed by atoms with Crippen LogP contribution in [0.4, 0.5) is 0 Å². The average molecular weight is 596 g/mol. The van der Waals surface area contributed by atoms with E-state index in [0.29, 0.717) is 10.6 Å². The maximum Gasteiger partial charge on any atom is 0.254 e. The number of nitrogens with zero attached hydrogens (tertiary/aromatic N) is 1. The molecule has 216 valence electrons. The molecule has 10 heteroatoms. The van der Waals surface area contributed by atoms with E-state index in [-0.39, 0.29) is 36.1 Å². The fourth-order valence-electron chi connectivity index (χ4n) is 4.90. The number of benzene rings is 3. The Bertz CT molecular complexity index is 1420. The summed E-state index contributed by atoms with van der Waals surface area (Å²) in [6.07, 6.45) is -1.46. The number of halogens is 1. The van der Waals surface area contributed by atoms with E-state index in [2.05, 4.69) is 10.6 Å². The highest BCUT2D eigenvalue weighted by Crippen LogP contribution is 2.40. The van der Waals surface area contributed by atoms with Crippen LogP contribution in [0.3, 0.4) is 0 Å². The third-order valence-corrected chi connectivity index (χ3v) is 9.03. The summed E-state index contributed by atoms with van der Waals surface area (Å²) in [4.78, 5) is 41.9. The molecule has 1 aliphatic rings. The standard InChI is InChI=1S/C31H34ClN3O5S/c1-19-22(13-9-15-25(19)36)28(38)34-24(16-20-10-5-4-6-11-20)26(37)30(40)35-18-41-31(2,3)27(35)29(39)33-17-21-12-7-8-14-23(21)32/h4-15,24,26-27,36-37H,16-18H2,1-3H3,(H,33,39)(H,34,38)/t24-,26-,27+/m0/s1. The first kappa shape index (κ1) is 30.4. The first-order valence-corrected chi connectivity index (χ1v) is 14.6. The van der Waals surface area contributed by atoms with Gasteiger partial charge in [0, 0.05) is 27.4 Å². The van der Waals surface area contributed by atoms with Crippen molar-refractivity contribution in [2.75, 3.05) is 5.88 Å². The van der Waals surface area contributed by atoms with Crippen molar-refractivity contribution in [3.63, 3.8) is 0 Å². The lowest BCUT2D eigenvalue weighted by Crippen LogP contribution is -2.58. The van der Waals surface area contributed by atoms with E-state index in [9.17, 15) is 24.6 Å². The van der Waals surface area contributed by atoms with Crippen molar-refractivity contribution >= 4 is 41.1 Å². The zero-order valence-electron chi connectivity index (χ0n) is 23.1. The minimum atomic E-state index is -1.63. The Morgan fingerprint density at radius 1 is 1.05 bits per heavy atom. The summed E-state index contributed by atoms with van der Waals surface area (Å²) >= 11 is 7.68. The second-order valence-corrected chi connectivity index (χ2v) is 12.6. The van der Waals surface area contributed by atoms with Gasteiger partial charge in [-0.1, -0.05) is 66.2 Å². The number of aliphatic hydroxyl groups excluding tert-OH is 1. The second-order valence-electron chi connectivity index (χ2n) is 10.6. The van der Waals surface area contributed by atoms with Gasteiger partial charge >= 0.3 is 0 Å². The van der Waals surface area contributed by atoms with E-state index in [1.807, 2.05) is 56.3 Å². The van der Waals surface area contributed by atoms with Gasteiger partial charge in [0.2, 0.25) is 5.91 Å². The number of phenolic OH excluding ortho intramolecular Hbond substituents is 1. The molecule has 3 aromatic carbocycles. The zero-order valence-corrected chi connectivity index (χ0v) is 24.7. The monoisotopic (exact) mass is 595 g/mol. The number of amides is 3. The van der Waals surface area contributed by atoms with Crippen LogP contribution < -0.4 is 10.6 Å². The van der Waals surface area contributed by atoms with Gasteiger partial charge in [-0.15, -0.1) is 11.8 Å². The molecule has 0 saturated carbocycles. The summed E-state index contributed by atoms with van der Waals surface area (Å²) in [6.45, 7) is 5.57. The Morgan fingerprint density at radius 3 is 2.44 bits per heavy atom. The molecule has 4 rings (SSSR count). The van der Waals surface area contributed by atoms with Crippen LogP contribution in [0.1, 0.15) is 40.9 Å². The predicted molar refractivity (Wildman–Crippen MR) is 161 cm³/mol. The van der Waals surface area contributed by atoms with Crippen molar-refractivity contribution in [3.05, 3.63) is 100 Å². The van der Waals surface area contributed by atoms with Crippen LogP contribution in [0.5, 0.6) is 5.75 Å². The molecular weight excluding hydrogens is 562 g/mol. The van der Waals surface area contributed by atoms with Crippen molar-refractivity contribution in [2.45, 2.75) is 56.7 Å². The van der Waals surface area contributed by atoms with Crippen LogP contribution in [0, 0.1) is 6.92 Å². The van der Waals surface area contributed by atoms with Gasteiger partial charge < -0.3 is 25.7 Å². The summed E-state index contributed by atoms with van der Waals surface area (Å²) in [5.41, 5.74) is 2.17. The minimum absolute atomic E-state index is 0.0316. The summed E-state index contributed by atoms with van der Waals surface area (Å²) in [5.74, 6) is -1.38. The normalized spacial score (nSPS) is 17.5. The molecule has 41 heavy (non-hydrogen) atoms. The highest BCUT2D eigenvalue weighted by molar-refractivity contribution is 8.00. The number of rotatable bonds is 9. The van der Waals surface area contributed by atoms with E-state index >= 15 is 0 Å². The lowest BCUT2D eigenvalue weighted by atomic mass is 9.96. The van der Waals surface area contributed by atoms with Crippen molar-refractivity contribution in [2.24, 2.45) is 0 Å². The molecule has 1 fully saturated rings. The molecule has 3 aromatic rings. The van der Waals surface area contributed by atoms with Crippen LogP contribution >= 0.6 is 23.4 Å². The fraction of sp³-hybridized carbons (Fsp3) is 0.323. The second kappa shape index (κ2) is 13.0. The molecule has 3 atom stereocenters. The summed E-state index contributed by atoms with van der Waals surface area (Å²) in [5, 5.41) is 27.7. The van der Waals surface area contributed by atoms with E-state index in [1.165, 1.54) is 22.7 Å². The number of nitrogens with one attached hydrogen (secondary N) is 2. The summed E-state index contributed by atoms with van der Waals surface area (Å²) in [6, 6.07) is 19.1. The Labute approximate surface area is 249 Å². The first-order valence-electron chi connectivity index (χ1n) is 13.3. The molecule has 0 spiro atoms. The first-order chi connectivity index (χ1) is 19.5. The van der Waals surface area contributed by atoms with Crippen LogP contribution in [-0.2, 0) is 22.6 Å². The van der Waals surface area contributed by atoms with Gasteiger partial charge in [0.1, 0.15) is 11.8 Å². The van der Waals surface area contributed by atoms with E-state index in [1.54, 1.807) is 31.2 Å². The Hall–Kier alpha value is -3.53. The molecular formula is C31H34ClN3O5S. The SMILES string of the molecule is Cc1c(O)cccc1C(=O)N[C@@H](Cc1ccccc1)[C@H](O)C(=O)N1CSC(C)(C)[C@H]1C(=O)NCc1ccccc1Cl. The molecule has 0 aliphatic carbocycles. The molecule has 0 radical (unpaired) electrons. The molecule has 1 saturated heterocycles. The van der Waals surface area contributed by atoms with Gasteiger partial charge in [-0.3, -0.25) is 14.4 Å². The number of aliphatic hydroxyl groups is 1. The minimum Gasteiger partial charge on any atom is -0.508 e. The quantitative estimate of drug-likeness (QED) is 0.296. The number of hydrogen-bond donors (Lipinski definition) is 4. The Morgan fingerprint density at radius 2 is 1.73 bits per heavy atom. The number of carbonyl (C=O) groups excluding carboxylic acids is 3. The molecule has 4 N–H and O–H groups in total. The molecule has 0 bridgehead atoms. The lowest BCUT2D eigenvalue weighted by molar-refractivity contribution is -0.147. The number of aromatic hydroxyl groups is 1. The lowest BCUT2D eigenvalue weighted by Gasteiger charge is -2.33. The molecule has 0 aromatic heterocycles. The smallest absolute Gasteiger partial charge is 0.254 e. The Balaban J connectivity index is 1.56. The van der Waals surface area contributed by atoms with Gasteiger partial charge in [-0.25, -0.2) is 0 Å².